The molecule has 5 N–H and O–H groups in total. The van der Waals surface area contributed by atoms with E-state index in [1.165, 1.54) is 11.3 Å². The summed E-state index contributed by atoms with van der Waals surface area (Å²) in [5.41, 5.74) is 10.8. The molecule has 17 heavy (non-hydrogen) atoms. The van der Waals surface area contributed by atoms with Gasteiger partial charge in [0.05, 0.1) is 11.0 Å². The molecule has 1 aliphatic carbocycles. The molecule has 6 heteroatoms. The molecule has 0 aliphatic heterocycles. The van der Waals surface area contributed by atoms with Crippen LogP contribution in [0.2, 0.25) is 0 Å². The van der Waals surface area contributed by atoms with E-state index in [0.717, 1.165) is 19.3 Å². The predicted octanol–water partition coefficient (Wildman–Crippen LogP) is 0.914. The molecule has 2 amide bonds. The maximum atomic E-state index is 12.1. The molecule has 0 unspecified atom stereocenters. The molecule has 1 aromatic heterocycles. The molecule has 1 aromatic rings. The van der Waals surface area contributed by atoms with Crippen molar-refractivity contribution in [3.05, 3.63) is 17.0 Å². The Morgan fingerprint density at radius 1 is 1.47 bits per heavy atom. The zero-order valence-electron chi connectivity index (χ0n) is 9.36. The highest BCUT2D eigenvalue weighted by molar-refractivity contribution is 7.14. The van der Waals surface area contributed by atoms with Crippen LogP contribution >= 0.6 is 11.3 Å². The molecule has 0 saturated heterocycles. The Balaban J connectivity index is 2.13. The second-order valence-corrected chi connectivity index (χ2v) is 5.24. The zero-order valence-corrected chi connectivity index (χ0v) is 10.2. The molecule has 92 valence electrons. The summed E-state index contributed by atoms with van der Waals surface area (Å²) in [5, 5.41) is 5.01. The summed E-state index contributed by atoms with van der Waals surface area (Å²) in [6, 6.07) is 1.61. The van der Waals surface area contributed by atoms with Crippen LogP contribution in [-0.4, -0.2) is 18.4 Å². The van der Waals surface area contributed by atoms with Gasteiger partial charge in [0.2, 0.25) is 5.91 Å². The Hall–Kier alpha value is -1.40. The number of nitrogens with one attached hydrogen (secondary N) is 1. The number of anilines is 1. The normalized spacial score (nSPS) is 17.2. The Kier molecular flexibility index (Phi) is 3.17. The van der Waals surface area contributed by atoms with E-state index in [1.54, 1.807) is 11.4 Å². The lowest BCUT2D eigenvalue weighted by Gasteiger charge is -2.38. The molecule has 1 heterocycles. The van der Waals surface area contributed by atoms with Crippen LogP contribution in [0.25, 0.3) is 0 Å². The van der Waals surface area contributed by atoms with Gasteiger partial charge in [-0.15, -0.1) is 11.3 Å². The van der Waals surface area contributed by atoms with Gasteiger partial charge in [0.15, 0.2) is 0 Å². The van der Waals surface area contributed by atoms with Crippen LogP contribution < -0.4 is 16.8 Å². The van der Waals surface area contributed by atoms with Gasteiger partial charge in [-0.3, -0.25) is 9.59 Å². The van der Waals surface area contributed by atoms with Crippen molar-refractivity contribution in [1.82, 2.24) is 0 Å². The quantitative estimate of drug-likeness (QED) is 0.744. The fourth-order valence-corrected chi connectivity index (χ4v) is 2.75. The number of thiophene rings is 1. The molecular weight excluding hydrogens is 238 g/mol. The molecular formula is C11H15N3O2S. The summed E-state index contributed by atoms with van der Waals surface area (Å²) in [6.45, 7) is 0.343. The third kappa shape index (κ3) is 2.05. The van der Waals surface area contributed by atoms with E-state index in [2.05, 4.69) is 5.32 Å². The van der Waals surface area contributed by atoms with E-state index < -0.39 is 11.3 Å². The number of carbonyl (C=O) groups is 2. The van der Waals surface area contributed by atoms with Crippen LogP contribution in [0.15, 0.2) is 11.4 Å². The van der Waals surface area contributed by atoms with E-state index in [0.29, 0.717) is 17.1 Å². The maximum absolute atomic E-state index is 12.1. The molecule has 0 spiro atoms. The van der Waals surface area contributed by atoms with E-state index in [-0.39, 0.29) is 5.91 Å². The number of amides is 2. The number of primary amides is 1. The molecule has 0 atom stereocenters. The van der Waals surface area contributed by atoms with E-state index in [4.69, 9.17) is 11.5 Å². The van der Waals surface area contributed by atoms with Gasteiger partial charge in [-0.05, 0) is 24.3 Å². The van der Waals surface area contributed by atoms with Gasteiger partial charge in [0, 0.05) is 6.54 Å². The average molecular weight is 253 g/mol. The topological polar surface area (TPSA) is 98.2 Å². The summed E-state index contributed by atoms with van der Waals surface area (Å²) in [5.74, 6) is -0.631. The van der Waals surface area contributed by atoms with Crippen molar-refractivity contribution in [2.45, 2.75) is 19.3 Å². The van der Waals surface area contributed by atoms with E-state index in [9.17, 15) is 9.59 Å². The van der Waals surface area contributed by atoms with Crippen LogP contribution in [0.5, 0.6) is 0 Å². The average Bonchev–Trinajstić information content (AvgIpc) is 2.65. The maximum Gasteiger partial charge on any atom is 0.251 e. The highest BCUT2D eigenvalue weighted by Gasteiger charge is 2.43. The van der Waals surface area contributed by atoms with Crippen molar-refractivity contribution in [3.8, 4) is 0 Å². The van der Waals surface area contributed by atoms with Crippen molar-refractivity contribution in [1.29, 1.82) is 0 Å². The smallest absolute Gasteiger partial charge is 0.251 e. The van der Waals surface area contributed by atoms with Gasteiger partial charge in [-0.2, -0.15) is 0 Å². The minimum Gasteiger partial charge on any atom is -0.366 e. The van der Waals surface area contributed by atoms with Crippen molar-refractivity contribution in [2.75, 3.05) is 11.9 Å². The SMILES string of the molecule is NCC1(C(=O)Nc2sccc2C(N)=O)CCC1. The largest absolute Gasteiger partial charge is 0.366 e. The van der Waals surface area contributed by atoms with Crippen molar-refractivity contribution >= 4 is 28.2 Å². The summed E-state index contributed by atoms with van der Waals surface area (Å²) in [7, 11) is 0. The number of carbonyl (C=O) groups excluding carboxylic acids is 2. The minimum atomic E-state index is -0.531. The van der Waals surface area contributed by atoms with E-state index >= 15 is 0 Å². The first kappa shape index (κ1) is 12.1. The van der Waals surface area contributed by atoms with Gasteiger partial charge in [-0.1, -0.05) is 6.42 Å². The Bertz CT molecular complexity index is 446. The van der Waals surface area contributed by atoms with Crippen LogP contribution in [0.4, 0.5) is 5.00 Å². The van der Waals surface area contributed by atoms with Crippen molar-refractivity contribution in [3.63, 3.8) is 0 Å². The summed E-state index contributed by atoms with van der Waals surface area (Å²) >= 11 is 1.29. The lowest BCUT2D eigenvalue weighted by atomic mass is 9.68. The highest BCUT2D eigenvalue weighted by atomic mass is 32.1. The summed E-state index contributed by atoms with van der Waals surface area (Å²) in [4.78, 5) is 23.2. The minimum absolute atomic E-state index is 0.101. The first-order chi connectivity index (χ1) is 8.09. The van der Waals surface area contributed by atoms with Crippen LogP contribution in [-0.2, 0) is 4.79 Å². The number of rotatable bonds is 4. The molecule has 1 saturated carbocycles. The van der Waals surface area contributed by atoms with E-state index in [1.807, 2.05) is 0 Å². The molecule has 5 nitrogen and oxygen atoms in total. The first-order valence-electron chi connectivity index (χ1n) is 5.48. The Labute approximate surface area is 103 Å². The van der Waals surface area contributed by atoms with Gasteiger partial charge in [0.1, 0.15) is 5.00 Å². The predicted molar refractivity (Wildman–Crippen MR) is 66.8 cm³/mol. The molecule has 1 fully saturated rings. The summed E-state index contributed by atoms with van der Waals surface area (Å²) in [6.07, 6.45) is 2.65. The second-order valence-electron chi connectivity index (χ2n) is 4.32. The fourth-order valence-electron chi connectivity index (χ4n) is 1.96. The molecule has 1 aliphatic rings. The Morgan fingerprint density at radius 2 is 2.18 bits per heavy atom. The fraction of sp³-hybridized carbons (Fsp3) is 0.455. The lowest BCUT2D eigenvalue weighted by Crippen LogP contribution is -2.47. The third-order valence-corrected chi connectivity index (χ3v) is 4.17. The zero-order chi connectivity index (χ0) is 12.5. The first-order valence-corrected chi connectivity index (χ1v) is 6.36. The van der Waals surface area contributed by atoms with Crippen molar-refractivity contribution in [2.24, 2.45) is 16.9 Å². The number of hydrogen-bond acceptors (Lipinski definition) is 4. The van der Waals surface area contributed by atoms with Crippen LogP contribution in [0.1, 0.15) is 29.6 Å². The molecule has 0 bridgehead atoms. The monoisotopic (exact) mass is 253 g/mol. The third-order valence-electron chi connectivity index (χ3n) is 3.34. The second kappa shape index (κ2) is 4.46. The van der Waals surface area contributed by atoms with Gasteiger partial charge >= 0.3 is 0 Å². The molecule has 0 aromatic carbocycles. The standard InChI is InChI=1S/C11H15N3O2S/c12-6-11(3-1-4-11)10(16)14-9-7(8(13)15)2-5-17-9/h2,5H,1,3-4,6,12H2,(H2,13,15)(H,14,16). The Morgan fingerprint density at radius 3 is 2.65 bits per heavy atom. The number of nitrogens with two attached hydrogens (primary N) is 2. The van der Waals surface area contributed by atoms with Gasteiger partial charge in [-0.25, -0.2) is 0 Å². The number of hydrogen-bond donors (Lipinski definition) is 3. The molecule has 2 rings (SSSR count). The summed E-state index contributed by atoms with van der Waals surface area (Å²) < 4.78 is 0. The van der Waals surface area contributed by atoms with Gasteiger partial charge < -0.3 is 16.8 Å². The highest BCUT2D eigenvalue weighted by Crippen LogP contribution is 2.41. The lowest BCUT2D eigenvalue weighted by molar-refractivity contribution is -0.129. The van der Waals surface area contributed by atoms with Gasteiger partial charge in [0.25, 0.3) is 5.91 Å². The van der Waals surface area contributed by atoms with Crippen molar-refractivity contribution < 1.29 is 9.59 Å². The van der Waals surface area contributed by atoms with Crippen LogP contribution in [0, 0.1) is 5.41 Å². The molecule has 0 radical (unpaired) electrons. The van der Waals surface area contributed by atoms with Crippen LogP contribution in [0.3, 0.4) is 0 Å².